The smallest absolute Gasteiger partial charge is 0.222 e. The summed E-state index contributed by atoms with van der Waals surface area (Å²) in [4.78, 5) is 24.1. The van der Waals surface area contributed by atoms with Gasteiger partial charge in [0, 0.05) is 30.9 Å². The van der Waals surface area contributed by atoms with Crippen LogP contribution < -0.4 is 5.32 Å². The van der Waals surface area contributed by atoms with E-state index in [0.717, 1.165) is 35.4 Å². The SMILES string of the molecule is CCc1cc2c(NC[C@@H](O)CN3CCCC3=O)ncnc2s1. The number of hydrogen-bond acceptors (Lipinski definition) is 6. The molecule has 3 rings (SSSR count). The third-order valence-corrected chi connectivity index (χ3v) is 5.02. The number of fused-ring (bicyclic) bond motifs is 1. The van der Waals surface area contributed by atoms with E-state index in [-0.39, 0.29) is 5.91 Å². The molecule has 1 fully saturated rings. The van der Waals surface area contributed by atoms with Gasteiger partial charge in [0.25, 0.3) is 0 Å². The molecule has 6 nitrogen and oxygen atoms in total. The highest BCUT2D eigenvalue weighted by Gasteiger charge is 2.22. The number of nitrogens with one attached hydrogen (secondary N) is 1. The molecule has 0 aromatic carbocycles. The summed E-state index contributed by atoms with van der Waals surface area (Å²) in [6, 6.07) is 2.10. The Morgan fingerprint density at radius 1 is 1.50 bits per heavy atom. The number of aliphatic hydroxyl groups excluding tert-OH is 1. The maximum absolute atomic E-state index is 11.6. The lowest BCUT2D eigenvalue weighted by Crippen LogP contribution is -2.36. The predicted molar refractivity (Wildman–Crippen MR) is 87.1 cm³/mol. The number of amides is 1. The highest BCUT2D eigenvalue weighted by atomic mass is 32.1. The van der Waals surface area contributed by atoms with Gasteiger partial charge in [0.2, 0.25) is 5.91 Å². The van der Waals surface area contributed by atoms with E-state index in [1.54, 1.807) is 16.2 Å². The van der Waals surface area contributed by atoms with Crippen LogP contribution >= 0.6 is 11.3 Å². The van der Waals surface area contributed by atoms with Crippen molar-refractivity contribution < 1.29 is 9.90 Å². The van der Waals surface area contributed by atoms with E-state index in [1.807, 2.05) is 0 Å². The summed E-state index contributed by atoms with van der Waals surface area (Å²) < 4.78 is 0. The Kier molecular flexibility index (Phi) is 4.54. The standard InChI is InChI=1S/C15H20N4O2S/c1-2-11-6-12-14(17-9-18-15(12)22-11)16-7-10(20)8-19-5-3-4-13(19)21/h6,9-10,20H,2-5,7-8H2,1H3,(H,16,17,18)/t10-/m1/s1. The molecule has 0 radical (unpaired) electrons. The van der Waals surface area contributed by atoms with E-state index in [1.165, 1.54) is 11.2 Å². The molecule has 1 aliphatic heterocycles. The average molecular weight is 320 g/mol. The summed E-state index contributed by atoms with van der Waals surface area (Å²) in [5.74, 6) is 0.877. The van der Waals surface area contributed by atoms with E-state index in [0.29, 0.717) is 19.5 Å². The number of β-amino-alcohol motifs (C(OH)–C–C–N with tert-alkyl or cyclic N) is 1. The number of aryl methyl sites for hydroxylation is 1. The molecule has 1 aliphatic rings. The number of nitrogens with zero attached hydrogens (tertiary/aromatic N) is 3. The first-order chi connectivity index (χ1) is 10.7. The Balaban J connectivity index is 1.63. The van der Waals surface area contributed by atoms with Crippen LogP contribution in [-0.4, -0.2) is 51.6 Å². The molecule has 22 heavy (non-hydrogen) atoms. The Labute approximate surface area is 133 Å². The van der Waals surface area contributed by atoms with Gasteiger partial charge in [-0.2, -0.15) is 0 Å². The van der Waals surface area contributed by atoms with Crippen molar-refractivity contribution in [1.29, 1.82) is 0 Å². The molecule has 2 aromatic heterocycles. The summed E-state index contributed by atoms with van der Waals surface area (Å²) in [5.41, 5.74) is 0. The first kappa shape index (κ1) is 15.2. The molecule has 118 valence electrons. The fourth-order valence-electron chi connectivity index (χ4n) is 2.65. The number of carbonyl (C=O) groups excluding carboxylic acids is 1. The monoisotopic (exact) mass is 320 g/mol. The number of aliphatic hydroxyl groups is 1. The number of aromatic nitrogens is 2. The van der Waals surface area contributed by atoms with Crippen LogP contribution in [0.25, 0.3) is 10.2 Å². The molecule has 3 heterocycles. The van der Waals surface area contributed by atoms with Crippen molar-refractivity contribution in [3.05, 3.63) is 17.3 Å². The second-order valence-electron chi connectivity index (χ2n) is 5.49. The zero-order valence-corrected chi connectivity index (χ0v) is 13.4. The Morgan fingerprint density at radius 3 is 3.09 bits per heavy atom. The van der Waals surface area contributed by atoms with Crippen LogP contribution in [0, 0.1) is 0 Å². The van der Waals surface area contributed by atoms with Crippen molar-refractivity contribution in [1.82, 2.24) is 14.9 Å². The lowest BCUT2D eigenvalue weighted by atomic mass is 10.3. The Morgan fingerprint density at radius 2 is 2.36 bits per heavy atom. The van der Waals surface area contributed by atoms with Crippen LogP contribution in [0.5, 0.6) is 0 Å². The minimum absolute atomic E-state index is 0.133. The van der Waals surface area contributed by atoms with Crippen molar-refractivity contribution in [2.45, 2.75) is 32.3 Å². The highest BCUT2D eigenvalue weighted by Crippen LogP contribution is 2.28. The lowest BCUT2D eigenvalue weighted by molar-refractivity contribution is -0.128. The molecule has 0 aliphatic carbocycles. The molecule has 1 atom stereocenters. The molecule has 0 spiro atoms. The molecule has 1 saturated heterocycles. The number of thiophene rings is 1. The number of anilines is 1. The summed E-state index contributed by atoms with van der Waals surface area (Å²) in [5, 5.41) is 14.3. The van der Waals surface area contributed by atoms with E-state index < -0.39 is 6.10 Å². The number of likely N-dealkylation sites (tertiary alicyclic amines) is 1. The van der Waals surface area contributed by atoms with Gasteiger partial charge in [-0.05, 0) is 18.9 Å². The lowest BCUT2D eigenvalue weighted by Gasteiger charge is -2.20. The maximum atomic E-state index is 11.6. The molecule has 2 N–H and O–H groups in total. The quantitative estimate of drug-likeness (QED) is 0.846. The molecule has 7 heteroatoms. The largest absolute Gasteiger partial charge is 0.389 e. The molecular weight excluding hydrogens is 300 g/mol. The predicted octanol–water partition coefficient (Wildman–Crippen LogP) is 1.65. The van der Waals surface area contributed by atoms with Crippen LogP contribution in [0.4, 0.5) is 5.82 Å². The van der Waals surface area contributed by atoms with Crippen LogP contribution in [0.2, 0.25) is 0 Å². The van der Waals surface area contributed by atoms with Crippen molar-refractivity contribution in [3.63, 3.8) is 0 Å². The van der Waals surface area contributed by atoms with Crippen LogP contribution in [0.1, 0.15) is 24.6 Å². The molecule has 0 bridgehead atoms. The number of hydrogen-bond donors (Lipinski definition) is 2. The van der Waals surface area contributed by atoms with Crippen molar-refractivity contribution in [2.24, 2.45) is 0 Å². The zero-order chi connectivity index (χ0) is 15.5. The van der Waals surface area contributed by atoms with Crippen LogP contribution in [-0.2, 0) is 11.2 Å². The van der Waals surface area contributed by atoms with Gasteiger partial charge >= 0.3 is 0 Å². The van der Waals surface area contributed by atoms with E-state index in [2.05, 4.69) is 28.3 Å². The van der Waals surface area contributed by atoms with Gasteiger partial charge in [-0.15, -0.1) is 11.3 Å². The first-order valence-electron chi connectivity index (χ1n) is 7.60. The minimum Gasteiger partial charge on any atom is -0.389 e. The van der Waals surface area contributed by atoms with E-state index in [9.17, 15) is 9.90 Å². The topological polar surface area (TPSA) is 78.4 Å². The second kappa shape index (κ2) is 6.58. The molecule has 0 saturated carbocycles. The first-order valence-corrected chi connectivity index (χ1v) is 8.42. The van der Waals surface area contributed by atoms with Gasteiger partial charge in [-0.1, -0.05) is 6.92 Å². The van der Waals surface area contributed by atoms with Crippen molar-refractivity contribution >= 4 is 33.3 Å². The van der Waals surface area contributed by atoms with Crippen molar-refractivity contribution in [2.75, 3.05) is 25.0 Å². The van der Waals surface area contributed by atoms with Gasteiger partial charge in [0.05, 0.1) is 11.5 Å². The fraction of sp³-hybridized carbons (Fsp3) is 0.533. The molecular formula is C15H20N4O2S. The Bertz CT molecular complexity index is 673. The Hall–Kier alpha value is -1.73. The van der Waals surface area contributed by atoms with Gasteiger partial charge in [-0.3, -0.25) is 4.79 Å². The average Bonchev–Trinajstić information content (AvgIpc) is 3.11. The summed E-state index contributed by atoms with van der Waals surface area (Å²) in [6.07, 6.45) is 3.40. The van der Waals surface area contributed by atoms with Crippen LogP contribution in [0.15, 0.2) is 12.4 Å². The third-order valence-electron chi connectivity index (χ3n) is 3.84. The van der Waals surface area contributed by atoms with Gasteiger partial charge in [0.1, 0.15) is 17.0 Å². The normalized spacial score (nSPS) is 16.5. The zero-order valence-electron chi connectivity index (χ0n) is 12.6. The molecule has 0 unspecified atom stereocenters. The molecule has 2 aromatic rings. The number of carbonyl (C=O) groups is 1. The van der Waals surface area contributed by atoms with E-state index in [4.69, 9.17) is 0 Å². The summed E-state index contributed by atoms with van der Waals surface area (Å²) in [6.45, 7) is 3.61. The fourth-order valence-corrected chi connectivity index (χ4v) is 3.59. The highest BCUT2D eigenvalue weighted by molar-refractivity contribution is 7.18. The number of rotatable bonds is 6. The van der Waals surface area contributed by atoms with Gasteiger partial charge < -0.3 is 15.3 Å². The van der Waals surface area contributed by atoms with E-state index >= 15 is 0 Å². The molecule has 1 amide bonds. The summed E-state index contributed by atoms with van der Waals surface area (Å²) in [7, 11) is 0. The minimum atomic E-state index is -0.601. The maximum Gasteiger partial charge on any atom is 0.222 e. The van der Waals surface area contributed by atoms with Gasteiger partial charge in [0.15, 0.2) is 0 Å². The third kappa shape index (κ3) is 3.20. The van der Waals surface area contributed by atoms with Crippen molar-refractivity contribution in [3.8, 4) is 0 Å². The van der Waals surface area contributed by atoms with Gasteiger partial charge in [-0.25, -0.2) is 9.97 Å². The second-order valence-corrected chi connectivity index (χ2v) is 6.60. The van der Waals surface area contributed by atoms with Crippen LogP contribution in [0.3, 0.4) is 0 Å². The summed E-state index contributed by atoms with van der Waals surface area (Å²) >= 11 is 1.67.